The van der Waals surface area contributed by atoms with E-state index in [1.54, 1.807) is 39.7 Å². The molecule has 16 nitrogen and oxygen atoms in total. The third-order valence-corrected chi connectivity index (χ3v) is 6.38. The molecular weight excluding hydrogens is 653 g/mol. The number of pyridine rings is 3. The SMILES string of the molecule is CCC(CN)OC.CCC(CNc1cccnc1N)OC.CCC(CNc1cccnc1[N+](=O)[O-])OC.Cl.O=[N+]([O-])c1ncccc1F. The average molecular weight is 702 g/mol. The summed E-state index contributed by atoms with van der Waals surface area (Å²) in [5, 5.41) is 26.8. The molecule has 0 spiro atoms. The topological polar surface area (TPSA) is 229 Å². The highest BCUT2D eigenvalue weighted by molar-refractivity contribution is 5.85. The third-order valence-electron chi connectivity index (χ3n) is 6.38. The number of anilines is 3. The van der Waals surface area contributed by atoms with Gasteiger partial charge in [0.15, 0.2) is 0 Å². The largest absolute Gasteiger partial charge is 0.399 e. The number of ether oxygens (including phenoxy) is 3. The number of aromatic nitrogens is 3. The Bertz CT molecular complexity index is 1280. The molecule has 3 rings (SSSR count). The van der Waals surface area contributed by atoms with Crippen LogP contribution in [-0.4, -0.2) is 84.1 Å². The molecule has 0 radical (unpaired) electrons. The van der Waals surface area contributed by atoms with Crippen molar-refractivity contribution in [1.29, 1.82) is 0 Å². The maximum Gasteiger partial charge on any atom is 0.399 e. The normalized spacial score (nSPS) is 11.7. The van der Waals surface area contributed by atoms with Crippen molar-refractivity contribution in [3.63, 3.8) is 0 Å². The molecule has 0 fully saturated rings. The van der Waals surface area contributed by atoms with Crippen molar-refractivity contribution in [3.8, 4) is 0 Å². The summed E-state index contributed by atoms with van der Waals surface area (Å²) < 4.78 is 27.7. The van der Waals surface area contributed by atoms with Gasteiger partial charge in [0, 0.05) is 47.2 Å². The van der Waals surface area contributed by atoms with Crippen LogP contribution in [-0.2, 0) is 14.2 Å². The van der Waals surface area contributed by atoms with Gasteiger partial charge in [0.25, 0.3) is 0 Å². The van der Waals surface area contributed by atoms with Crippen molar-refractivity contribution < 1.29 is 28.4 Å². The van der Waals surface area contributed by atoms with Crippen molar-refractivity contribution in [1.82, 2.24) is 15.0 Å². The number of rotatable bonds is 15. The second-order valence-corrected chi connectivity index (χ2v) is 9.43. The Balaban J connectivity index is 0. The zero-order valence-corrected chi connectivity index (χ0v) is 29.0. The van der Waals surface area contributed by atoms with Gasteiger partial charge in [0.05, 0.1) is 24.0 Å². The average Bonchev–Trinajstić information content (AvgIpc) is 3.08. The molecule has 18 heteroatoms. The number of nitrogens with zero attached hydrogens (tertiary/aromatic N) is 5. The molecule has 0 saturated heterocycles. The molecular formula is C30H49ClFN9O7. The van der Waals surface area contributed by atoms with E-state index in [1.165, 1.54) is 18.5 Å². The first-order chi connectivity index (χ1) is 22.5. The number of nitro groups is 2. The van der Waals surface area contributed by atoms with E-state index in [0.717, 1.165) is 37.6 Å². The lowest BCUT2D eigenvalue weighted by Gasteiger charge is -2.15. The quantitative estimate of drug-likeness (QED) is 0.117. The fourth-order valence-electron chi connectivity index (χ4n) is 3.42. The van der Waals surface area contributed by atoms with Crippen molar-refractivity contribution >= 4 is 41.2 Å². The fraction of sp³-hybridized carbons (Fsp3) is 0.500. The fourth-order valence-corrected chi connectivity index (χ4v) is 3.42. The number of hydrogen-bond donors (Lipinski definition) is 4. The van der Waals surface area contributed by atoms with Gasteiger partial charge in [-0.15, -0.1) is 12.4 Å². The van der Waals surface area contributed by atoms with Gasteiger partial charge in [-0.3, -0.25) is 0 Å². The van der Waals surface area contributed by atoms with Crippen molar-refractivity contribution in [3.05, 3.63) is 81.0 Å². The van der Waals surface area contributed by atoms with Crippen molar-refractivity contribution in [2.24, 2.45) is 5.73 Å². The van der Waals surface area contributed by atoms with E-state index < -0.39 is 21.5 Å². The van der Waals surface area contributed by atoms with E-state index in [2.05, 4.69) is 39.4 Å². The molecule has 0 aliphatic heterocycles. The van der Waals surface area contributed by atoms with Crippen LogP contribution in [0.15, 0.2) is 55.0 Å². The number of hydrogen-bond acceptors (Lipinski definition) is 14. The van der Waals surface area contributed by atoms with Gasteiger partial charge >= 0.3 is 11.6 Å². The summed E-state index contributed by atoms with van der Waals surface area (Å²) in [4.78, 5) is 30.1. The summed E-state index contributed by atoms with van der Waals surface area (Å²) in [5.41, 5.74) is 12.2. The Hall–Kier alpha value is -4.29. The minimum Gasteiger partial charge on any atom is -0.382 e. The molecule has 0 amide bonds. The molecule has 0 saturated carbocycles. The van der Waals surface area contributed by atoms with E-state index >= 15 is 0 Å². The molecule has 3 atom stereocenters. The number of halogens is 2. The summed E-state index contributed by atoms with van der Waals surface area (Å²) in [6.07, 6.45) is 7.59. The van der Waals surface area contributed by atoms with E-state index in [4.69, 9.17) is 25.7 Å². The smallest absolute Gasteiger partial charge is 0.382 e. The van der Waals surface area contributed by atoms with E-state index in [0.29, 0.717) is 24.6 Å². The zero-order chi connectivity index (χ0) is 35.6. The van der Waals surface area contributed by atoms with Crippen molar-refractivity contribution in [2.75, 3.05) is 57.3 Å². The van der Waals surface area contributed by atoms with Crippen LogP contribution in [0.1, 0.15) is 40.0 Å². The van der Waals surface area contributed by atoms with Crippen LogP contribution in [0, 0.1) is 26.0 Å². The number of nitrogen functional groups attached to an aromatic ring is 1. The van der Waals surface area contributed by atoms with E-state index in [-0.39, 0.29) is 36.5 Å². The Labute approximate surface area is 286 Å². The first-order valence-electron chi connectivity index (χ1n) is 14.8. The highest BCUT2D eigenvalue weighted by atomic mass is 35.5. The molecule has 48 heavy (non-hydrogen) atoms. The molecule has 0 aromatic carbocycles. The molecule has 3 heterocycles. The van der Waals surface area contributed by atoms with Crippen molar-refractivity contribution in [2.45, 2.75) is 58.3 Å². The highest BCUT2D eigenvalue weighted by Gasteiger charge is 2.15. The lowest BCUT2D eigenvalue weighted by atomic mass is 10.2. The summed E-state index contributed by atoms with van der Waals surface area (Å²) in [6, 6.07) is 9.33. The van der Waals surface area contributed by atoms with Crippen LogP contribution in [0.25, 0.3) is 0 Å². The van der Waals surface area contributed by atoms with Gasteiger partial charge in [-0.25, -0.2) is 4.98 Å². The lowest BCUT2D eigenvalue weighted by Crippen LogP contribution is -2.21. The number of methoxy groups -OCH3 is 3. The second kappa shape index (κ2) is 27.8. The van der Waals surface area contributed by atoms with Gasteiger partial charge < -0.3 is 56.5 Å². The molecule has 0 bridgehead atoms. The first-order valence-corrected chi connectivity index (χ1v) is 14.8. The number of nitrogens with two attached hydrogens (primary N) is 2. The van der Waals surface area contributed by atoms with Crippen LogP contribution in [0.5, 0.6) is 0 Å². The van der Waals surface area contributed by atoms with Gasteiger partial charge in [-0.05, 0) is 75.5 Å². The minimum atomic E-state index is -0.910. The number of nitrogens with one attached hydrogen (secondary N) is 2. The predicted molar refractivity (Wildman–Crippen MR) is 187 cm³/mol. The molecule has 6 N–H and O–H groups in total. The summed E-state index contributed by atoms with van der Waals surface area (Å²) in [7, 11) is 5.01. The van der Waals surface area contributed by atoms with E-state index in [1.807, 2.05) is 19.1 Å². The standard InChI is InChI=1S/C10H15N3O3.C10H17N3O.C5H3FN2O2.C5H13NO.ClH/c1-3-8(16-2)7-12-9-5-4-6-11-10(9)13(14)15;1-3-8(14-2)7-13-9-5-4-6-12-10(9)11;6-4-2-1-3-7-5(4)8(9)10;1-3-5(4-6)7-2;/h4-6,8,12H,3,7H2,1-2H3;4-6,8,13H,3,7H2,1-2H3,(H2,11,12);1-3H;5H,3-4,6H2,1-2H3;1H. The first kappa shape index (κ1) is 45.8. The van der Waals surface area contributed by atoms with Crippen LogP contribution >= 0.6 is 12.4 Å². The Morgan fingerprint density at radius 2 is 1.17 bits per heavy atom. The molecule has 0 aliphatic rings. The van der Waals surface area contributed by atoms with Crippen LogP contribution in [0.4, 0.5) is 33.2 Å². The summed E-state index contributed by atoms with van der Waals surface area (Å²) in [5.74, 6) is -1.28. The van der Waals surface area contributed by atoms with Crippen LogP contribution < -0.4 is 22.1 Å². The maximum atomic E-state index is 12.3. The lowest BCUT2D eigenvalue weighted by molar-refractivity contribution is -0.392. The van der Waals surface area contributed by atoms with Crippen LogP contribution in [0.2, 0.25) is 0 Å². The molecule has 0 aliphatic carbocycles. The Morgan fingerprint density at radius 1 is 0.750 bits per heavy atom. The maximum absolute atomic E-state index is 12.3. The van der Waals surface area contributed by atoms with Gasteiger partial charge in [0.2, 0.25) is 5.82 Å². The molecule has 3 aromatic rings. The van der Waals surface area contributed by atoms with Gasteiger partial charge in [0.1, 0.15) is 23.9 Å². The predicted octanol–water partition coefficient (Wildman–Crippen LogP) is 5.25. The molecule has 3 aromatic heterocycles. The molecule has 3 unspecified atom stereocenters. The summed E-state index contributed by atoms with van der Waals surface area (Å²) in [6.45, 7) is 8.05. The second-order valence-electron chi connectivity index (χ2n) is 9.43. The van der Waals surface area contributed by atoms with Crippen LogP contribution in [0.3, 0.4) is 0 Å². The minimum absolute atomic E-state index is 0. The monoisotopic (exact) mass is 701 g/mol. The zero-order valence-electron chi connectivity index (χ0n) is 28.2. The van der Waals surface area contributed by atoms with Gasteiger partial charge in [-0.2, -0.15) is 4.39 Å². The van der Waals surface area contributed by atoms with E-state index in [9.17, 15) is 24.6 Å². The summed E-state index contributed by atoms with van der Waals surface area (Å²) >= 11 is 0. The van der Waals surface area contributed by atoms with Gasteiger partial charge in [-0.1, -0.05) is 20.8 Å². The highest BCUT2D eigenvalue weighted by Crippen LogP contribution is 2.20. The molecule has 270 valence electrons. The Kier molecular flexibility index (Phi) is 26.5. The third kappa shape index (κ3) is 18.8. The Morgan fingerprint density at radius 3 is 1.52 bits per heavy atom.